The summed E-state index contributed by atoms with van der Waals surface area (Å²) in [7, 11) is -3.50. The molecule has 1 saturated heterocycles. The van der Waals surface area contributed by atoms with Gasteiger partial charge in [-0.2, -0.15) is 4.31 Å². The number of nitrogens with one attached hydrogen (secondary N) is 1. The maximum atomic E-state index is 13.2. The zero-order chi connectivity index (χ0) is 16.3. The molecule has 1 unspecified atom stereocenters. The van der Waals surface area contributed by atoms with Crippen molar-refractivity contribution in [1.82, 2.24) is 14.6 Å². The lowest BCUT2D eigenvalue weighted by atomic mass is 10.0. The quantitative estimate of drug-likeness (QED) is 0.932. The van der Waals surface area contributed by atoms with Crippen molar-refractivity contribution in [3.8, 4) is 0 Å². The lowest BCUT2D eigenvalue weighted by Gasteiger charge is -2.24. The van der Waals surface area contributed by atoms with E-state index in [9.17, 15) is 8.42 Å². The van der Waals surface area contributed by atoms with Gasteiger partial charge < -0.3 is 5.32 Å². The third kappa shape index (κ3) is 3.39. The van der Waals surface area contributed by atoms with Crippen molar-refractivity contribution in [1.29, 1.82) is 0 Å². The van der Waals surface area contributed by atoms with Crippen molar-refractivity contribution in [3.63, 3.8) is 0 Å². The summed E-state index contributed by atoms with van der Waals surface area (Å²) in [6, 6.07) is 7.16. The van der Waals surface area contributed by atoms with Crippen molar-refractivity contribution in [2.45, 2.75) is 24.7 Å². The lowest BCUT2D eigenvalue weighted by Crippen LogP contribution is -2.36. The first-order chi connectivity index (χ1) is 11.1. The van der Waals surface area contributed by atoms with Crippen LogP contribution in [0.2, 0.25) is 0 Å². The maximum Gasteiger partial charge on any atom is 0.243 e. The first kappa shape index (κ1) is 16.4. The van der Waals surface area contributed by atoms with Crippen LogP contribution in [0.15, 0.2) is 41.6 Å². The van der Waals surface area contributed by atoms with Crippen molar-refractivity contribution >= 4 is 20.8 Å². The summed E-state index contributed by atoms with van der Waals surface area (Å²) in [4.78, 5) is 4.47. The van der Waals surface area contributed by atoms with Crippen LogP contribution in [0.5, 0.6) is 0 Å². The van der Waals surface area contributed by atoms with Gasteiger partial charge in [-0.3, -0.25) is 4.98 Å². The number of hydrogen-bond acceptors (Lipinski definition) is 4. The molecule has 1 atom stereocenters. The molecular formula is C17H23N3O2S. The molecule has 1 aromatic heterocycles. The summed E-state index contributed by atoms with van der Waals surface area (Å²) in [5, 5.41) is 4.95. The van der Waals surface area contributed by atoms with Gasteiger partial charge in [-0.25, -0.2) is 8.42 Å². The van der Waals surface area contributed by atoms with E-state index in [1.807, 2.05) is 6.07 Å². The number of fused-ring (bicyclic) bond motifs is 1. The molecule has 124 valence electrons. The van der Waals surface area contributed by atoms with Crippen LogP contribution in [0.1, 0.15) is 19.8 Å². The Kier molecular flexibility index (Phi) is 4.94. The van der Waals surface area contributed by atoms with E-state index in [1.54, 1.807) is 34.9 Å². The van der Waals surface area contributed by atoms with E-state index in [0.717, 1.165) is 30.2 Å². The first-order valence-electron chi connectivity index (χ1n) is 8.16. The van der Waals surface area contributed by atoms with Crippen molar-refractivity contribution in [3.05, 3.63) is 36.7 Å². The molecule has 1 N–H and O–H groups in total. The lowest BCUT2D eigenvalue weighted by molar-refractivity contribution is 0.362. The smallest absolute Gasteiger partial charge is 0.243 e. The van der Waals surface area contributed by atoms with Gasteiger partial charge in [-0.15, -0.1) is 0 Å². The summed E-state index contributed by atoms with van der Waals surface area (Å²) in [5.74, 6) is 0.369. The van der Waals surface area contributed by atoms with Gasteiger partial charge >= 0.3 is 0 Å². The molecule has 1 aliphatic rings. The van der Waals surface area contributed by atoms with E-state index in [1.165, 1.54) is 0 Å². The topological polar surface area (TPSA) is 62.3 Å². The van der Waals surface area contributed by atoms with Crippen LogP contribution in [-0.2, 0) is 10.0 Å². The van der Waals surface area contributed by atoms with E-state index >= 15 is 0 Å². The number of nitrogens with zero attached hydrogens (tertiary/aromatic N) is 2. The molecule has 0 saturated carbocycles. The third-order valence-electron chi connectivity index (χ3n) is 4.39. The molecule has 1 aliphatic heterocycles. The maximum absolute atomic E-state index is 13.2. The Balaban J connectivity index is 1.99. The van der Waals surface area contributed by atoms with E-state index in [-0.39, 0.29) is 0 Å². The molecule has 0 aliphatic carbocycles. The fraction of sp³-hybridized carbons (Fsp3) is 0.471. The van der Waals surface area contributed by atoms with Crippen LogP contribution < -0.4 is 5.32 Å². The zero-order valence-electron chi connectivity index (χ0n) is 13.4. The molecule has 23 heavy (non-hydrogen) atoms. The molecule has 1 fully saturated rings. The molecule has 3 rings (SSSR count). The SMILES string of the molecule is CCCC1CNCCN(S(=O)(=O)c2cccc3cnccc23)C1. The number of pyridine rings is 1. The predicted octanol–water partition coefficient (Wildman–Crippen LogP) is 2.25. The number of sulfonamides is 1. The van der Waals surface area contributed by atoms with Gasteiger partial charge in [0.15, 0.2) is 0 Å². The highest BCUT2D eigenvalue weighted by molar-refractivity contribution is 7.89. The predicted molar refractivity (Wildman–Crippen MR) is 91.8 cm³/mol. The summed E-state index contributed by atoms with van der Waals surface area (Å²) in [6.45, 7) is 4.83. The van der Waals surface area contributed by atoms with Gasteiger partial charge in [0.1, 0.15) is 0 Å². The molecule has 0 bridgehead atoms. The fourth-order valence-electron chi connectivity index (χ4n) is 3.23. The van der Waals surface area contributed by atoms with Crippen molar-refractivity contribution in [2.75, 3.05) is 26.2 Å². The highest BCUT2D eigenvalue weighted by atomic mass is 32.2. The Morgan fingerprint density at radius 3 is 3.04 bits per heavy atom. The Morgan fingerprint density at radius 1 is 1.35 bits per heavy atom. The van der Waals surface area contributed by atoms with Crippen LogP contribution in [-0.4, -0.2) is 43.9 Å². The van der Waals surface area contributed by atoms with Crippen LogP contribution >= 0.6 is 0 Å². The van der Waals surface area contributed by atoms with Gasteiger partial charge in [0.05, 0.1) is 4.90 Å². The fourth-order valence-corrected chi connectivity index (χ4v) is 4.96. The summed E-state index contributed by atoms with van der Waals surface area (Å²) in [6.07, 6.45) is 5.46. The third-order valence-corrected chi connectivity index (χ3v) is 6.31. The summed E-state index contributed by atoms with van der Waals surface area (Å²) >= 11 is 0. The van der Waals surface area contributed by atoms with Gasteiger partial charge in [0.25, 0.3) is 0 Å². The highest BCUT2D eigenvalue weighted by Gasteiger charge is 2.29. The number of benzene rings is 1. The molecule has 6 heteroatoms. The normalized spacial score (nSPS) is 20.5. The Bertz CT molecular complexity index is 771. The second-order valence-electron chi connectivity index (χ2n) is 6.07. The minimum absolute atomic E-state index is 0.369. The number of aromatic nitrogens is 1. The Morgan fingerprint density at radius 2 is 2.22 bits per heavy atom. The first-order valence-corrected chi connectivity index (χ1v) is 9.60. The largest absolute Gasteiger partial charge is 0.315 e. The molecule has 0 amide bonds. The zero-order valence-corrected chi connectivity index (χ0v) is 14.2. The van der Waals surface area contributed by atoms with E-state index in [2.05, 4.69) is 17.2 Å². The molecule has 0 radical (unpaired) electrons. The minimum atomic E-state index is -3.50. The van der Waals surface area contributed by atoms with Crippen LogP contribution in [0.3, 0.4) is 0 Å². The molecule has 5 nitrogen and oxygen atoms in total. The second kappa shape index (κ2) is 6.95. The van der Waals surface area contributed by atoms with Crippen molar-refractivity contribution in [2.24, 2.45) is 5.92 Å². The van der Waals surface area contributed by atoms with Gasteiger partial charge in [0.2, 0.25) is 10.0 Å². The van der Waals surface area contributed by atoms with Gasteiger partial charge in [-0.1, -0.05) is 25.5 Å². The monoisotopic (exact) mass is 333 g/mol. The second-order valence-corrected chi connectivity index (χ2v) is 7.98. The minimum Gasteiger partial charge on any atom is -0.315 e. The average molecular weight is 333 g/mol. The molecule has 2 heterocycles. The number of hydrogen-bond donors (Lipinski definition) is 1. The summed E-state index contributed by atoms with van der Waals surface area (Å²) in [5.41, 5.74) is 0. The average Bonchev–Trinajstić information content (AvgIpc) is 2.81. The van der Waals surface area contributed by atoms with Crippen LogP contribution in [0.4, 0.5) is 0 Å². The van der Waals surface area contributed by atoms with E-state index in [4.69, 9.17) is 0 Å². The van der Waals surface area contributed by atoms with Gasteiger partial charge in [0, 0.05) is 42.8 Å². The van der Waals surface area contributed by atoms with E-state index in [0.29, 0.717) is 30.4 Å². The van der Waals surface area contributed by atoms with Gasteiger partial charge in [-0.05, 0) is 31.0 Å². The Hall–Kier alpha value is -1.50. The summed E-state index contributed by atoms with van der Waals surface area (Å²) < 4.78 is 28.0. The van der Waals surface area contributed by atoms with Crippen molar-refractivity contribution < 1.29 is 8.42 Å². The molecule has 1 aromatic carbocycles. The molecule has 2 aromatic rings. The standard InChI is InChI=1S/C17H23N3O2S/c1-2-4-14-11-19-9-10-20(13-14)23(21,22)17-6-3-5-15-12-18-8-7-16(15)17/h3,5-8,12,14,19H,2,4,9-11,13H2,1H3. The van der Waals surface area contributed by atoms with E-state index < -0.39 is 10.0 Å². The van der Waals surface area contributed by atoms with Crippen LogP contribution in [0.25, 0.3) is 10.8 Å². The molecule has 0 spiro atoms. The Labute approximate surface area is 137 Å². The highest BCUT2D eigenvalue weighted by Crippen LogP contribution is 2.26. The molecular weight excluding hydrogens is 310 g/mol. The van der Waals surface area contributed by atoms with Crippen LogP contribution in [0, 0.1) is 5.92 Å². The number of rotatable bonds is 4.